The van der Waals surface area contributed by atoms with Gasteiger partial charge < -0.3 is 10.0 Å². The van der Waals surface area contributed by atoms with E-state index in [1.807, 2.05) is 29.2 Å². The van der Waals surface area contributed by atoms with Crippen LogP contribution in [0.15, 0.2) is 24.3 Å². The third kappa shape index (κ3) is 3.83. The first-order valence-corrected chi connectivity index (χ1v) is 7.27. The van der Waals surface area contributed by atoms with Gasteiger partial charge in [0.25, 0.3) is 5.91 Å². The van der Waals surface area contributed by atoms with Crippen molar-refractivity contribution in [2.24, 2.45) is 0 Å². The number of hydrogen-bond donors (Lipinski definition) is 1. The van der Waals surface area contributed by atoms with Crippen LogP contribution in [-0.2, 0) is 11.3 Å². The molecule has 4 nitrogen and oxygen atoms in total. The Kier molecular flexibility index (Phi) is 5.16. The molecule has 0 fully saturated rings. The number of fused-ring (bicyclic) bond motifs is 1. The number of benzene rings is 1. The molecule has 1 aromatic carbocycles. The summed E-state index contributed by atoms with van der Waals surface area (Å²) in [5.41, 5.74) is 1.97. The Morgan fingerprint density at radius 1 is 1.10 bits per heavy atom. The second-order valence-corrected chi connectivity index (χ2v) is 5.30. The molecule has 1 heterocycles. The van der Waals surface area contributed by atoms with Gasteiger partial charge in [-0.2, -0.15) is 0 Å². The van der Waals surface area contributed by atoms with Crippen LogP contribution in [0.1, 0.15) is 54.4 Å². The molecule has 0 radical (unpaired) electrons. The number of amides is 1. The summed E-state index contributed by atoms with van der Waals surface area (Å²) in [5.74, 6) is -0.572. The number of rotatable bonds is 8. The molecule has 108 valence electrons. The van der Waals surface area contributed by atoms with E-state index in [0.717, 1.165) is 56.3 Å². The first kappa shape index (κ1) is 14.6. The van der Waals surface area contributed by atoms with Crippen molar-refractivity contribution in [1.82, 2.24) is 4.90 Å². The van der Waals surface area contributed by atoms with E-state index in [1.54, 1.807) is 0 Å². The van der Waals surface area contributed by atoms with Crippen molar-refractivity contribution >= 4 is 11.9 Å². The summed E-state index contributed by atoms with van der Waals surface area (Å²) in [6, 6.07) is 7.78. The maximum Gasteiger partial charge on any atom is 0.303 e. The number of carboxylic acids is 1. The lowest BCUT2D eigenvalue weighted by Gasteiger charge is -2.15. The SMILES string of the molecule is O=C(O)CCCCCCCN1Cc2ccccc2C1=O. The second-order valence-electron chi connectivity index (χ2n) is 5.30. The highest BCUT2D eigenvalue weighted by molar-refractivity contribution is 5.98. The predicted molar refractivity (Wildman–Crippen MR) is 76.5 cm³/mol. The van der Waals surface area contributed by atoms with Gasteiger partial charge in [-0.3, -0.25) is 9.59 Å². The van der Waals surface area contributed by atoms with Crippen molar-refractivity contribution in [3.63, 3.8) is 0 Å². The number of carboxylic acid groups (broad SMARTS) is 1. The Bertz CT molecular complexity index is 484. The van der Waals surface area contributed by atoms with Gasteiger partial charge in [0.15, 0.2) is 0 Å². The summed E-state index contributed by atoms with van der Waals surface area (Å²) >= 11 is 0. The van der Waals surface area contributed by atoms with Crippen LogP contribution >= 0.6 is 0 Å². The Morgan fingerprint density at radius 2 is 1.80 bits per heavy atom. The molecular formula is C16H21NO3. The van der Waals surface area contributed by atoms with Gasteiger partial charge in [0.1, 0.15) is 0 Å². The van der Waals surface area contributed by atoms with Gasteiger partial charge in [-0.15, -0.1) is 0 Å². The number of nitrogens with zero attached hydrogens (tertiary/aromatic N) is 1. The molecule has 0 saturated heterocycles. The van der Waals surface area contributed by atoms with E-state index in [4.69, 9.17) is 5.11 Å². The largest absolute Gasteiger partial charge is 0.481 e. The summed E-state index contributed by atoms with van der Waals surface area (Å²) in [6.07, 6.45) is 5.07. The van der Waals surface area contributed by atoms with E-state index in [-0.39, 0.29) is 12.3 Å². The number of aliphatic carboxylic acids is 1. The average molecular weight is 275 g/mol. The van der Waals surface area contributed by atoms with Gasteiger partial charge in [0, 0.05) is 25.1 Å². The number of carbonyl (C=O) groups is 2. The lowest BCUT2D eigenvalue weighted by molar-refractivity contribution is -0.137. The van der Waals surface area contributed by atoms with Crippen LogP contribution < -0.4 is 0 Å². The van der Waals surface area contributed by atoms with Crippen LogP contribution in [0, 0.1) is 0 Å². The van der Waals surface area contributed by atoms with E-state index in [2.05, 4.69) is 0 Å². The number of hydrogen-bond acceptors (Lipinski definition) is 2. The van der Waals surface area contributed by atoms with Crippen LogP contribution in [0.25, 0.3) is 0 Å². The maximum absolute atomic E-state index is 12.1. The molecule has 20 heavy (non-hydrogen) atoms. The molecule has 1 N–H and O–H groups in total. The fraction of sp³-hybridized carbons (Fsp3) is 0.500. The monoisotopic (exact) mass is 275 g/mol. The molecule has 0 saturated carbocycles. The zero-order valence-electron chi connectivity index (χ0n) is 11.7. The Morgan fingerprint density at radius 3 is 2.55 bits per heavy atom. The van der Waals surface area contributed by atoms with Gasteiger partial charge in [0.2, 0.25) is 0 Å². The highest BCUT2D eigenvalue weighted by Gasteiger charge is 2.25. The van der Waals surface area contributed by atoms with E-state index in [1.165, 1.54) is 0 Å². The van der Waals surface area contributed by atoms with Crippen LogP contribution in [-0.4, -0.2) is 28.4 Å². The summed E-state index contributed by atoms with van der Waals surface area (Å²) in [6.45, 7) is 1.53. The van der Waals surface area contributed by atoms with E-state index >= 15 is 0 Å². The molecule has 1 aromatic rings. The highest BCUT2D eigenvalue weighted by atomic mass is 16.4. The van der Waals surface area contributed by atoms with Crippen LogP contribution in [0.3, 0.4) is 0 Å². The third-order valence-electron chi connectivity index (χ3n) is 3.71. The molecule has 0 aliphatic carbocycles. The zero-order valence-corrected chi connectivity index (χ0v) is 11.7. The quantitative estimate of drug-likeness (QED) is 0.742. The molecule has 2 rings (SSSR count). The van der Waals surface area contributed by atoms with Gasteiger partial charge in [-0.25, -0.2) is 0 Å². The Hall–Kier alpha value is -1.84. The fourth-order valence-electron chi connectivity index (χ4n) is 2.60. The molecular weight excluding hydrogens is 254 g/mol. The number of unbranched alkanes of at least 4 members (excludes halogenated alkanes) is 4. The zero-order chi connectivity index (χ0) is 14.4. The summed E-state index contributed by atoms with van der Waals surface area (Å²) in [5, 5.41) is 8.53. The molecule has 1 amide bonds. The molecule has 1 aliphatic rings. The molecule has 0 spiro atoms. The topological polar surface area (TPSA) is 57.6 Å². The van der Waals surface area contributed by atoms with Crippen LogP contribution in [0.5, 0.6) is 0 Å². The molecule has 1 aliphatic heterocycles. The van der Waals surface area contributed by atoms with Crippen molar-refractivity contribution in [3.8, 4) is 0 Å². The van der Waals surface area contributed by atoms with Crippen molar-refractivity contribution < 1.29 is 14.7 Å². The normalized spacial score (nSPS) is 13.6. The molecule has 0 aromatic heterocycles. The van der Waals surface area contributed by atoms with Crippen molar-refractivity contribution in [2.75, 3.05) is 6.54 Å². The molecule has 0 atom stereocenters. The van der Waals surface area contributed by atoms with Crippen LogP contribution in [0.2, 0.25) is 0 Å². The molecule has 0 unspecified atom stereocenters. The fourth-order valence-corrected chi connectivity index (χ4v) is 2.60. The standard InChI is InChI=1S/C16H21NO3/c18-15(19)10-4-2-1-3-7-11-17-12-13-8-5-6-9-14(13)16(17)20/h5-6,8-9H,1-4,7,10-12H2,(H,18,19). The van der Waals surface area contributed by atoms with Gasteiger partial charge in [-0.05, 0) is 24.5 Å². The molecule has 4 heteroatoms. The first-order chi connectivity index (χ1) is 9.68. The minimum absolute atomic E-state index is 0.145. The van der Waals surface area contributed by atoms with Gasteiger partial charge in [-0.1, -0.05) is 37.5 Å². The van der Waals surface area contributed by atoms with Crippen molar-refractivity contribution in [1.29, 1.82) is 0 Å². The van der Waals surface area contributed by atoms with E-state index in [9.17, 15) is 9.59 Å². The first-order valence-electron chi connectivity index (χ1n) is 7.27. The van der Waals surface area contributed by atoms with Crippen molar-refractivity contribution in [3.05, 3.63) is 35.4 Å². The number of carbonyl (C=O) groups excluding carboxylic acids is 1. The van der Waals surface area contributed by atoms with Gasteiger partial charge in [0.05, 0.1) is 0 Å². The van der Waals surface area contributed by atoms with Crippen molar-refractivity contribution in [2.45, 2.75) is 45.1 Å². The lowest BCUT2D eigenvalue weighted by Crippen LogP contribution is -2.24. The maximum atomic E-state index is 12.1. The average Bonchev–Trinajstić information content (AvgIpc) is 2.75. The molecule has 0 bridgehead atoms. The van der Waals surface area contributed by atoms with E-state index < -0.39 is 5.97 Å². The predicted octanol–water partition coefficient (Wildman–Crippen LogP) is 3.07. The highest BCUT2D eigenvalue weighted by Crippen LogP contribution is 2.22. The summed E-state index contributed by atoms with van der Waals surface area (Å²) < 4.78 is 0. The second kappa shape index (κ2) is 7.08. The van der Waals surface area contributed by atoms with Crippen LogP contribution in [0.4, 0.5) is 0 Å². The minimum Gasteiger partial charge on any atom is -0.481 e. The van der Waals surface area contributed by atoms with E-state index in [0.29, 0.717) is 0 Å². The Balaban J connectivity index is 1.62. The summed E-state index contributed by atoms with van der Waals surface area (Å²) in [4.78, 5) is 24.4. The smallest absolute Gasteiger partial charge is 0.303 e. The summed E-state index contributed by atoms with van der Waals surface area (Å²) in [7, 11) is 0. The lowest BCUT2D eigenvalue weighted by atomic mass is 10.1. The minimum atomic E-state index is -0.717. The Labute approximate surface area is 119 Å². The van der Waals surface area contributed by atoms with Gasteiger partial charge >= 0.3 is 5.97 Å². The third-order valence-corrected chi connectivity index (χ3v) is 3.71.